The molecule has 1 unspecified atom stereocenters. The number of nitrogen functional groups attached to an aromatic ring is 1. The van der Waals surface area contributed by atoms with Gasteiger partial charge in [0.2, 0.25) is 0 Å². The van der Waals surface area contributed by atoms with E-state index in [4.69, 9.17) is 15.9 Å². The zero-order valence-electron chi connectivity index (χ0n) is 17.8. The molecule has 2 atom stereocenters. The van der Waals surface area contributed by atoms with Crippen LogP contribution in [0, 0.1) is 5.41 Å². The fourth-order valence-corrected chi connectivity index (χ4v) is 3.80. The molecule has 0 saturated carbocycles. The molecule has 2 aromatic carbocycles. The van der Waals surface area contributed by atoms with Gasteiger partial charge >= 0.3 is 0 Å². The van der Waals surface area contributed by atoms with E-state index in [1.54, 1.807) is 54.4 Å². The number of hydrogen-bond donors (Lipinski definition) is 4. The Hall–Kier alpha value is -3.47. The van der Waals surface area contributed by atoms with Gasteiger partial charge in [0.1, 0.15) is 5.84 Å². The first-order valence-corrected chi connectivity index (χ1v) is 10.0. The predicted molar refractivity (Wildman–Crippen MR) is 124 cm³/mol. The highest BCUT2D eigenvalue weighted by atomic mass is 35.5. The lowest BCUT2D eigenvalue weighted by atomic mass is 10.1. The van der Waals surface area contributed by atoms with Crippen molar-refractivity contribution in [2.45, 2.75) is 18.8 Å². The van der Waals surface area contributed by atoms with Crippen LogP contribution in [-0.2, 0) is 20.9 Å². The molecule has 174 valence electrons. The molecule has 2 aliphatic rings. The molecular weight excluding hydrogens is 450 g/mol. The normalized spacial score (nSPS) is 18.4. The van der Waals surface area contributed by atoms with Crippen LogP contribution in [0.25, 0.3) is 0 Å². The van der Waals surface area contributed by atoms with Gasteiger partial charge in [0.05, 0.1) is 6.61 Å². The van der Waals surface area contributed by atoms with E-state index in [1.165, 1.54) is 4.90 Å². The molecule has 2 heterocycles. The molecule has 0 bridgehead atoms. The smallest absolute Gasteiger partial charge is 0.259 e. The van der Waals surface area contributed by atoms with Gasteiger partial charge in [-0.05, 0) is 48.0 Å². The standard InChI is InChI=1S/C22H23N5O5.ClH/c1-26-11-13-10-15(6-7-16(13)21(26)30)27-8-9-32-18(22(27)31)17(28)20(29)25-14-4-2-12(3-5-14)19(23)24;/h2-7,10,17-18,28H,8-9,11H2,1H3,(H3,23,24)(H,25,29);1H/t17?,18-;/m1./s1. The number of fused-ring (bicyclic) bond motifs is 1. The fraction of sp³-hybridized carbons (Fsp3) is 0.273. The molecule has 2 aromatic rings. The molecule has 2 aliphatic heterocycles. The third-order valence-corrected chi connectivity index (χ3v) is 5.53. The first kappa shape index (κ1) is 24.2. The van der Waals surface area contributed by atoms with E-state index < -0.39 is 24.0 Å². The van der Waals surface area contributed by atoms with Gasteiger partial charge in [0.15, 0.2) is 12.2 Å². The van der Waals surface area contributed by atoms with Gasteiger partial charge in [-0.2, -0.15) is 0 Å². The van der Waals surface area contributed by atoms with Crippen LogP contribution >= 0.6 is 12.4 Å². The maximum Gasteiger partial charge on any atom is 0.259 e. The van der Waals surface area contributed by atoms with Gasteiger partial charge < -0.3 is 30.7 Å². The molecule has 1 fully saturated rings. The van der Waals surface area contributed by atoms with Crippen LogP contribution in [0.4, 0.5) is 11.4 Å². The van der Waals surface area contributed by atoms with E-state index in [-0.39, 0.29) is 37.3 Å². The summed E-state index contributed by atoms with van der Waals surface area (Å²) in [5.74, 6) is -1.50. The molecule has 10 nitrogen and oxygen atoms in total. The summed E-state index contributed by atoms with van der Waals surface area (Å²) in [7, 11) is 1.71. The maximum absolute atomic E-state index is 13.0. The topological polar surface area (TPSA) is 149 Å². The molecule has 0 aromatic heterocycles. The van der Waals surface area contributed by atoms with E-state index in [2.05, 4.69) is 5.32 Å². The van der Waals surface area contributed by atoms with Crippen LogP contribution in [0.3, 0.4) is 0 Å². The van der Waals surface area contributed by atoms with E-state index >= 15 is 0 Å². The molecule has 0 spiro atoms. The zero-order valence-corrected chi connectivity index (χ0v) is 18.6. The number of nitrogens with one attached hydrogen (secondary N) is 2. The molecule has 3 amide bonds. The van der Waals surface area contributed by atoms with Gasteiger partial charge in [-0.1, -0.05) is 0 Å². The number of morpholine rings is 1. The minimum atomic E-state index is -1.72. The lowest BCUT2D eigenvalue weighted by molar-refractivity contribution is -0.150. The second-order valence-corrected chi connectivity index (χ2v) is 7.71. The van der Waals surface area contributed by atoms with Crippen molar-refractivity contribution >= 4 is 47.3 Å². The number of benzene rings is 2. The van der Waals surface area contributed by atoms with Crippen molar-refractivity contribution in [3.8, 4) is 0 Å². The van der Waals surface area contributed by atoms with Crippen molar-refractivity contribution in [1.29, 1.82) is 5.41 Å². The van der Waals surface area contributed by atoms with Crippen molar-refractivity contribution in [1.82, 2.24) is 4.90 Å². The first-order chi connectivity index (χ1) is 15.3. The highest BCUT2D eigenvalue weighted by Crippen LogP contribution is 2.28. The molecule has 0 aliphatic carbocycles. The Morgan fingerprint density at radius 2 is 1.94 bits per heavy atom. The number of halogens is 1. The number of ether oxygens (including phenoxy) is 1. The predicted octanol–water partition coefficient (Wildman–Crippen LogP) is 0.709. The summed E-state index contributed by atoms with van der Waals surface area (Å²) in [6, 6.07) is 11.3. The maximum atomic E-state index is 13.0. The molecular formula is C22H24ClN5O5. The van der Waals surface area contributed by atoms with Crippen LogP contribution in [-0.4, -0.2) is 66.0 Å². The number of nitrogens with zero attached hydrogens (tertiary/aromatic N) is 2. The van der Waals surface area contributed by atoms with E-state index in [0.29, 0.717) is 29.0 Å². The van der Waals surface area contributed by atoms with Crippen LogP contribution in [0.2, 0.25) is 0 Å². The van der Waals surface area contributed by atoms with Crippen molar-refractivity contribution in [2.75, 3.05) is 30.4 Å². The SMILES string of the molecule is CN1Cc2cc(N3CCO[C@H](C(O)C(=O)Nc4ccc(C(=N)N)cc4)C3=O)ccc2C1=O.Cl. The van der Waals surface area contributed by atoms with Gasteiger partial charge in [-0.3, -0.25) is 19.8 Å². The number of carbonyl (C=O) groups is 3. The van der Waals surface area contributed by atoms with Gasteiger partial charge in [-0.15, -0.1) is 12.4 Å². The average Bonchev–Trinajstić information content (AvgIpc) is 3.06. The minimum absolute atomic E-state index is 0. The summed E-state index contributed by atoms with van der Waals surface area (Å²) >= 11 is 0. The van der Waals surface area contributed by atoms with Gasteiger partial charge in [-0.25, -0.2) is 0 Å². The Labute approximate surface area is 196 Å². The van der Waals surface area contributed by atoms with Crippen LogP contribution in [0.5, 0.6) is 0 Å². The number of amidine groups is 1. The van der Waals surface area contributed by atoms with Gasteiger partial charge in [0.25, 0.3) is 17.7 Å². The van der Waals surface area contributed by atoms with Crippen molar-refractivity contribution in [3.05, 3.63) is 59.2 Å². The van der Waals surface area contributed by atoms with E-state index in [0.717, 1.165) is 5.56 Å². The number of aliphatic hydroxyl groups is 1. The number of nitrogens with two attached hydrogens (primary N) is 1. The Morgan fingerprint density at radius 1 is 1.24 bits per heavy atom. The molecule has 11 heteroatoms. The first-order valence-electron chi connectivity index (χ1n) is 10.0. The number of carbonyl (C=O) groups excluding carboxylic acids is 3. The molecule has 0 radical (unpaired) electrons. The Bertz CT molecular complexity index is 1110. The second-order valence-electron chi connectivity index (χ2n) is 7.71. The van der Waals surface area contributed by atoms with Crippen molar-refractivity contribution in [3.63, 3.8) is 0 Å². The fourth-order valence-electron chi connectivity index (χ4n) is 3.80. The van der Waals surface area contributed by atoms with E-state index in [1.807, 2.05) is 0 Å². The van der Waals surface area contributed by atoms with Crippen LogP contribution in [0.1, 0.15) is 21.5 Å². The van der Waals surface area contributed by atoms with Crippen LogP contribution in [0.15, 0.2) is 42.5 Å². The Balaban J connectivity index is 0.00000306. The average molecular weight is 474 g/mol. The minimum Gasteiger partial charge on any atom is -0.384 e. The number of anilines is 2. The summed E-state index contributed by atoms with van der Waals surface area (Å²) in [4.78, 5) is 40.7. The number of rotatable bonds is 5. The quantitative estimate of drug-likeness (QED) is 0.371. The van der Waals surface area contributed by atoms with Crippen LogP contribution < -0.4 is 16.0 Å². The summed E-state index contributed by atoms with van der Waals surface area (Å²) in [6.07, 6.45) is -3.09. The molecule has 1 saturated heterocycles. The van der Waals surface area contributed by atoms with Crippen molar-refractivity contribution in [2.24, 2.45) is 5.73 Å². The van der Waals surface area contributed by atoms with Gasteiger partial charge in [0, 0.05) is 42.6 Å². The zero-order chi connectivity index (χ0) is 23.0. The molecule has 5 N–H and O–H groups in total. The summed E-state index contributed by atoms with van der Waals surface area (Å²) in [6.45, 7) is 0.861. The Kier molecular flexibility index (Phi) is 7.01. The number of aliphatic hydroxyl groups excluding tert-OH is 1. The highest BCUT2D eigenvalue weighted by Gasteiger charge is 2.39. The monoisotopic (exact) mass is 473 g/mol. The number of hydrogen-bond acceptors (Lipinski definition) is 6. The highest BCUT2D eigenvalue weighted by molar-refractivity contribution is 6.05. The lowest BCUT2D eigenvalue weighted by Gasteiger charge is -2.34. The lowest BCUT2D eigenvalue weighted by Crippen LogP contribution is -2.55. The summed E-state index contributed by atoms with van der Waals surface area (Å²) in [5.41, 5.74) is 8.28. The van der Waals surface area contributed by atoms with E-state index in [9.17, 15) is 19.5 Å². The molecule has 33 heavy (non-hydrogen) atoms. The Morgan fingerprint density at radius 3 is 2.61 bits per heavy atom. The second kappa shape index (κ2) is 9.57. The third-order valence-electron chi connectivity index (χ3n) is 5.53. The summed E-state index contributed by atoms with van der Waals surface area (Å²) in [5, 5.41) is 20.4. The third kappa shape index (κ3) is 4.68. The summed E-state index contributed by atoms with van der Waals surface area (Å²) < 4.78 is 5.43. The number of amides is 3. The van der Waals surface area contributed by atoms with Crippen molar-refractivity contribution < 1.29 is 24.2 Å². The molecule has 4 rings (SSSR count). The largest absolute Gasteiger partial charge is 0.384 e.